The van der Waals surface area contributed by atoms with Crippen molar-refractivity contribution in [2.75, 3.05) is 5.32 Å². The van der Waals surface area contributed by atoms with Gasteiger partial charge in [-0.25, -0.2) is 4.79 Å². The number of hydrogen-bond acceptors (Lipinski definition) is 4. The molecule has 0 fully saturated rings. The van der Waals surface area contributed by atoms with Gasteiger partial charge < -0.3 is 20.3 Å². The molecule has 0 aliphatic heterocycles. The van der Waals surface area contributed by atoms with E-state index in [0.717, 1.165) is 22.3 Å². The van der Waals surface area contributed by atoms with E-state index >= 15 is 0 Å². The van der Waals surface area contributed by atoms with E-state index in [2.05, 4.69) is 10.6 Å². The zero-order chi connectivity index (χ0) is 29.5. The molecule has 214 valence electrons. The number of aryl methyl sites for hydroxylation is 3. The molecule has 3 atom stereocenters. The molecule has 0 aromatic heterocycles. The van der Waals surface area contributed by atoms with Crippen molar-refractivity contribution in [3.8, 4) is 0 Å². The van der Waals surface area contributed by atoms with Gasteiger partial charge in [-0.1, -0.05) is 57.2 Å². The summed E-state index contributed by atoms with van der Waals surface area (Å²) in [6, 6.07) is 11.4. The fourth-order valence-corrected chi connectivity index (χ4v) is 4.41. The largest absolute Gasteiger partial charge is 0.444 e. The number of nitrogens with one attached hydrogen (secondary N) is 2. The summed E-state index contributed by atoms with van der Waals surface area (Å²) in [5, 5.41) is 5.87. The van der Waals surface area contributed by atoms with E-state index in [0.29, 0.717) is 18.5 Å². The van der Waals surface area contributed by atoms with Gasteiger partial charge in [0.25, 0.3) is 5.91 Å². The number of ether oxygens (including phenoxy) is 1. The fraction of sp³-hybridized carbons (Fsp3) is 0.531. The lowest BCUT2D eigenvalue weighted by atomic mass is 9.95. The monoisotopic (exact) mass is 537 g/mol. The van der Waals surface area contributed by atoms with Crippen LogP contribution in [0.3, 0.4) is 0 Å². The third-order valence-electron chi connectivity index (χ3n) is 6.79. The molecule has 2 aromatic rings. The molecule has 0 spiro atoms. The number of carbonyl (C=O) groups excluding carboxylic acids is 3. The van der Waals surface area contributed by atoms with Crippen LogP contribution in [0.1, 0.15) is 89.6 Å². The minimum Gasteiger partial charge on any atom is -0.444 e. The van der Waals surface area contributed by atoms with Crippen LogP contribution in [0.25, 0.3) is 0 Å². The highest BCUT2D eigenvalue weighted by molar-refractivity contribution is 5.99. The van der Waals surface area contributed by atoms with Crippen molar-refractivity contribution in [1.82, 2.24) is 10.2 Å². The second-order valence-corrected chi connectivity index (χ2v) is 11.9. The molecular formula is C32H47N3O4. The lowest BCUT2D eigenvalue weighted by Crippen LogP contribution is -2.55. The Morgan fingerprint density at radius 2 is 1.56 bits per heavy atom. The van der Waals surface area contributed by atoms with Crippen LogP contribution in [0.2, 0.25) is 0 Å². The second kappa shape index (κ2) is 13.6. The van der Waals surface area contributed by atoms with Crippen LogP contribution < -0.4 is 10.6 Å². The number of amides is 3. The van der Waals surface area contributed by atoms with Crippen molar-refractivity contribution in [3.63, 3.8) is 0 Å². The van der Waals surface area contributed by atoms with Crippen molar-refractivity contribution in [2.24, 2.45) is 5.92 Å². The molecule has 0 aliphatic carbocycles. The van der Waals surface area contributed by atoms with E-state index in [-0.39, 0.29) is 23.8 Å². The molecule has 0 bridgehead atoms. The molecule has 39 heavy (non-hydrogen) atoms. The summed E-state index contributed by atoms with van der Waals surface area (Å²) in [6.07, 6.45) is 0.382. The Balaban J connectivity index is 2.61. The van der Waals surface area contributed by atoms with Crippen LogP contribution in [0.4, 0.5) is 10.5 Å². The van der Waals surface area contributed by atoms with Crippen LogP contribution in [-0.4, -0.2) is 40.5 Å². The molecule has 2 aromatic carbocycles. The molecule has 2 rings (SSSR count). The number of anilines is 1. The van der Waals surface area contributed by atoms with Gasteiger partial charge in [-0.05, 0) is 95.5 Å². The summed E-state index contributed by atoms with van der Waals surface area (Å²) in [4.78, 5) is 42.8. The number of para-hydroxylation sites is 1. The molecule has 7 nitrogen and oxygen atoms in total. The summed E-state index contributed by atoms with van der Waals surface area (Å²) in [5.74, 6) is -0.498. The van der Waals surface area contributed by atoms with Gasteiger partial charge in [-0.3, -0.25) is 9.59 Å². The minimum absolute atomic E-state index is 0.119. The maximum absolute atomic E-state index is 14.3. The highest BCUT2D eigenvalue weighted by Crippen LogP contribution is 2.30. The van der Waals surface area contributed by atoms with Crippen LogP contribution in [0.15, 0.2) is 42.5 Å². The Morgan fingerprint density at radius 3 is 2.10 bits per heavy atom. The van der Waals surface area contributed by atoms with Gasteiger partial charge in [0.05, 0.1) is 0 Å². The summed E-state index contributed by atoms with van der Waals surface area (Å²) < 4.78 is 5.48. The van der Waals surface area contributed by atoms with Gasteiger partial charge in [0.2, 0.25) is 5.91 Å². The van der Waals surface area contributed by atoms with E-state index in [1.807, 2.05) is 90.9 Å². The van der Waals surface area contributed by atoms with E-state index in [4.69, 9.17) is 4.74 Å². The number of rotatable bonds is 10. The highest BCUT2D eigenvalue weighted by atomic mass is 16.6. The van der Waals surface area contributed by atoms with Gasteiger partial charge in [0.1, 0.15) is 17.7 Å². The maximum atomic E-state index is 14.3. The third kappa shape index (κ3) is 9.12. The molecule has 0 radical (unpaired) electrons. The third-order valence-corrected chi connectivity index (χ3v) is 6.79. The molecule has 0 saturated heterocycles. The van der Waals surface area contributed by atoms with Crippen LogP contribution in [-0.2, 0) is 14.3 Å². The normalized spacial score (nSPS) is 13.8. The first-order chi connectivity index (χ1) is 18.1. The minimum atomic E-state index is -0.901. The molecule has 3 unspecified atom stereocenters. The van der Waals surface area contributed by atoms with Crippen molar-refractivity contribution >= 4 is 23.6 Å². The average Bonchev–Trinajstić information content (AvgIpc) is 2.83. The van der Waals surface area contributed by atoms with Gasteiger partial charge in [-0.2, -0.15) is 0 Å². The molecule has 0 saturated carbocycles. The van der Waals surface area contributed by atoms with E-state index < -0.39 is 23.8 Å². The topological polar surface area (TPSA) is 87.7 Å². The Morgan fingerprint density at radius 1 is 0.923 bits per heavy atom. The lowest BCUT2D eigenvalue weighted by Gasteiger charge is -2.38. The molecule has 3 amide bonds. The molecule has 0 aliphatic rings. The molecule has 2 N–H and O–H groups in total. The number of carbonyl (C=O) groups is 3. The maximum Gasteiger partial charge on any atom is 0.408 e. The van der Waals surface area contributed by atoms with Crippen LogP contribution >= 0.6 is 0 Å². The van der Waals surface area contributed by atoms with E-state index in [9.17, 15) is 14.4 Å². The Kier molecular flexibility index (Phi) is 11.1. The Hall–Kier alpha value is -3.35. The van der Waals surface area contributed by atoms with Crippen LogP contribution in [0.5, 0.6) is 0 Å². The number of alkyl carbamates (subject to hydrolysis) is 1. The second-order valence-electron chi connectivity index (χ2n) is 11.9. The summed E-state index contributed by atoms with van der Waals surface area (Å²) >= 11 is 0. The predicted octanol–water partition coefficient (Wildman–Crippen LogP) is 6.86. The number of benzene rings is 2. The average molecular weight is 538 g/mol. The fourth-order valence-electron chi connectivity index (χ4n) is 4.41. The SMILES string of the molecule is CCC(C)N(C(=O)C(CC(C)C)NC(=O)OC(C)(C)C)C(C(=O)Nc1ccccc1C)c1ccc(C)c(C)c1. The lowest BCUT2D eigenvalue weighted by molar-refractivity contribution is -0.143. The smallest absolute Gasteiger partial charge is 0.408 e. The quantitative estimate of drug-likeness (QED) is 0.347. The van der Waals surface area contributed by atoms with E-state index in [1.54, 1.807) is 25.7 Å². The molecule has 7 heteroatoms. The number of hydrogen-bond donors (Lipinski definition) is 2. The highest BCUT2D eigenvalue weighted by Gasteiger charge is 2.39. The number of nitrogens with zero attached hydrogens (tertiary/aromatic N) is 1. The van der Waals surface area contributed by atoms with Gasteiger partial charge in [-0.15, -0.1) is 0 Å². The van der Waals surface area contributed by atoms with Crippen molar-refractivity contribution in [3.05, 3.63) is 64.7 Å². The van der Waals surface area contributed by atoms with Gasteiger partial charge >= 0.3 is 6.09 Å². The molecule has 0 heterocycles. The van der Waals surface area contributed by atoms with Gasteiger partial charge in [0, 0.05) is 11.7 Å². The zero-order valence-electron chi connectivity index (χ0n) is 25.3. The van der Waals surface area contributed by atoms with Crippen molar-refractivity contribution in [2.45, 2.75) is 106 Å². The van der Waals surface area contributed by atoms with E-state index in [1.165, 1.54) is 0 Å². The first-order valence-corrected chi connectivity index (χ1v) is 13.9. The summed E-state index contributed by atoms with van der Waals surface area (Å²) in [5.41, 5.74) is 3.76. The van der Waals surface area contributed by atoms with Crippen LogP contribution in [0, 0.1) is 26.7 Å². The molecular weight excluding hydrogens is 490 g/mol. The Labute approximate surface area is 234 Å². The predicted molar refractivity (Wildman–Crippen MR) is 158 cm³/mol. The van der Waals surface area contributed by atoms with Crippen molar-refractivity contribution < 1.29 is 19.1 Å². The summed E-state index contributed by atoms with van der Waals surface area (Å²) in [6.45, 7) is 19.2. The first kappa shape index (κ1) is 31.9. The standard InChI is InChI=1S/C32H47N3O4/c1-11-24(7)35(30(37)27(18-20(2)3)34-31(38)39-32(8,9)10)28(25-17-16-21(4)23(6)19-25)29(36)33-26-15-13-12-14-22(26)5/h12-17,19-20,24,27-28H,11,18H2,1-10H3,(H,33,36)(H,34,38). The Bertz CT molecular complexity index is 1150. The van der Waals surface area contributed by atoms with Gasteiger partial charge in [0.15, 0.2) is 0 Å². The van der Waals surface area contributed by atoms with Crippen molar-refractivity contribution in [1.29, 1.82) is 0 Å². The summed E-state index contributed by atoms with van der Waals surface area (Å²) in [7, 11) is 0. The zero-order valence-corrected chi connectivity index (χ0v) is 25.3. The first-order valence-electron chi connectivity index (χ1n) is 13.9.